The molecule has 1 aromatic carbocycles. The maximum absolute atomic E-state index is 12.1. The summed E-state index contributed by atoms with van der Waals surface area (Å²) >= 11 is 0. The third-order valence-corrected chi connectivity index (χ3v) is 6.13. The first-order valence-electron chi connectivity index (χ1n) is 6.25. The van der Waals surface area contributed by atoms with Crippen LogP contribution < -0.4 is 4.72 Å². The van der Waals surface area contributed by atoms with Crippen LogP contribution in [0.1, 0.15) is 26.2 Å². The van der Waals surface area contributed by atoms with Crippen molar-refractivity contribution in [1.82, 2.24) is 4.72 Å². The Morgan fingerprint density at radius 3 is 2.10 bits per heavy atom. The Labute approximate surface area is 123 Å². The number of hydrogen-bond acceptors (Lipinski definition) is 4. The van der Waals surface area contributed by atoms with Gasteiger partial charge in [-0.15, -0.1) is 0 Å². The lowest BCUT2D eigenvalue weighted by molar-refractivity contribution is 0.530. The molecule has 0 heterocycles. The van der Waals surface area contributed by atoms with Crippen molar-refractivity contribution in [2.75, 3.05) is 0 Å². The normalized spacial score (nSPS) is 17.9. The first-order chi connectivity index (χ1) is 9.18. The molecule has 1 atom stereocenters. The van der Waals surface area contributed by atoms with Crippen LogP contribution in [0.15, 0.2) is 34.1 Å². The maximum Gasteiger partial charge on any atom is 0.261 e. The van der Waals surface area contributed by atoms with Crippen molar-refractivity contribution >= 4 is 29.8 Å². The van der Waals surface area contributed by atoms with E-state index in [4.69, 9.17) is 10.7 Å². The van der Waals surface area contributed by atoms with Crippen molar-refractivity contribution in [2.45, 2.75) is 42.0 Å². The van der Waals surface area contributed by atoms with Gasteiger partial charge in [0.05, 0.1) is 9.79 Å². The molecule has 20 heavy (non-hydrogen) atoms. The molecule has 5 nitrogen and oxygen atoms in total. The molecule has 0 amide bonds. The molecule has 1 saturated carbocycles. The molecule has 0 saturated heterocycles. The van der Waals surface area contributed by atoms with Crippen LogP contribution in [0.2, 0.25) is 0 Å². The predicted octanol–water partition coefficient (Wildman–Crippen LogP) is 2.08. The topological polar surface area (TPSA) is 80.3 Å². The Balaban J connectivity index is 2.12. The number of nitrogens with one attached hydrogen (secondary N) is 1. The van der Waals surface area contributed by atoms with Gasteiger partial charge in [-0.2, -0.15) is 0 Å². The van der Waals surface area contributed by atoms with Gasteiger partial charge in [-0.05, 0) is 43.5 Å². The molecule has 1 unspecified atom stereocenters. The highest BCUT2D eigenvalue weighted by Gasteiger charge is 2.26. The average Bonchev–Trinajstić information content (AvgIpc) is 3.11. The molecule has 1 N–H and O–H groups in total. The molecule has 1 aromatic rings. The van der Waals surface area contributed by atoms with Gasteiger partial charge in [0, 0.05) is 16.7 Å². The number of halogens is 1. The molecule has 0 spiro atoms. The fraction of sp³-hybridized carbons (Fsp3) is 0.500. The van der Waals surface area contributed by atoms with Crippen LogP contribution in [0.5, 0.6) is 0 Å². The van der Waals surface area contributed by atoms with E-state index < -0.39 is 19.1 Å². The monoisotopic (exact) mass is 337 g/mol. The lowest BCUT2D eigenvalue weighted by atomic mass is 10.2. The number of benzene rings is 1. The second-order valence-corrected chi connectivity index (χ2v) is 9.39. The second kappa shape index (κ2) is 5.63. The quantitative estimate of drug-likeness (QED) is 0.806. The SMILES string of the molecule is CC(CC1CC1)NS(=O)(=O)c1ccc(S(=O)(=O)Cl)cc1. The van der Waals surface area contributed by atoms with Gasteiger partial charge < -0.3 is 0 Å². The van der Waals surface area contributed by atoms with Gasteiger partial charge in [-0.25, -0.2) is 21.6 Å². The molecule has 8 heteroatoms. The summed E-state index contributed by atoms with van der Waals surface area (Å²) in [6.45, 7) is 1.83. The highest BCUT2D eigenvalue weighted by molar-refractivity contribution is 8.13. The first-order valence-corrected chi connectivity index (χ1v) is 10.0. The Morgan fingerprint density at radius 2 is 1.65 bits per heavy atom. The molecule has 2 rings (SSSR count). The van der Waals surface area contributed by atoms with Crippen LogP contribution in [0.4, 0.5) is 0 Å². The zero-order valence-electron chi connectivity index (χ0n) is 10.9. The van der Waals surface area contributed by atoms with Crippen LogP contribution in [0, 0.1) is 5.92 Å². The molecule has 0 aliphatic heterocycles. The van der Waals surface area contributed by atoms with Gasteiger partial charge in [-0.1, -0.05) is 12.8 Å². The van der Waals surface area contributed by atoms with E-state index in [0.29, 0.717) is 5.92 Å². The molecule has 0 bridgehead atoms. The lowest BCUT2D eigenvalue weighted by Gasteiger charge is -2.13. The minimum Gasteiger partial charge on any atom is -0.208 e. The molecule has 1 fully saturated rings. The predicted molar refractivity (Wildman–Crippen MR) is 76.6 cm³/mol. The zero-order valence-corrected chi connectivity index (χ0v) is 13.3. The van der Waals surface area contributed by atoms with Crippen LogP contribution in [0.3, 0.4) is 0 Å². The fourth-order valence-corrected chi connectivity index (χ4v) is 4.04. The van der Waals surface area contributed by atoms with Crippen LogP contribution in [-0.2, 0) is 19.1 Å². The van der Waals surface area contributed by atoms with Crippen molar-refractivity contribution in [3.05, 3.63) is 24.3 Å². The van der Waals surface area contributed by atoms with Gasteiger partial charge >= 0.3 is 0 Å². The Bertz CT molecular complexity index is 679. The van der Waals surface area contributed by atoms with Crippen molar-refractivity contribution in [3.8, 4) is 0 Å². The van der Waals surface area contributed by atoms with Crippen molar-refractivity contribution in [3.63, 3.8) is 0 Å². The molecule has 1 aliphatic rings. The minimum atomic E-state index is -3.84. The lowest BCUT2D eigenvalue weighted by Crippen LogP contribution is -2.32. The van der Waals surface area contributed by atoms with Crippen molar-refractivity contribution < 1.29 is 16.8 Å². The van der Waals surface area contributed by atoms with E-state index in [-0.39, 0.29) is 15.8 Å². The van der Waals surface area contributed by atoms with Gasteiger partial charge in [0.25, 0.3) is 9.05 Å². The summed E-state index contributed by atoms with van der Waals surface area (Å²) in [6, 6.07) is 4.71. The highest BCUT2D eigenvalue weighted by Crippen LogP contribution is 2.33. The van der Waals surface area contributed by atoms with E-state index in [9.17, 15) is 16.8 Å². The van der Waals surface area contributed by atoms with E-state index in [1.807, 2.05) is 6.92 Å². The second-order valence-electron chi connectivity index (χ2n) is 5.11. The minimum absolute atomic E-state index is 0.0317. The molecule has 112 valence electrons. The molecule has 1 aliphatic carbocycles. The van der Waals surface area contributed by atoms with Crippen LogP contribution >= 0.6 is 10.7 Å². The number of rotatable bonds is 6. The Hall–Kier alpha value is -0.630. The summed E-state index contributed by atoms with van der Waals surface area (Å²) in [4.78, 5) is -0.0895. The molecule has 0 radical (unpaired) electrons. The van der Waals surface area contributed by atoms with Gasteiger partial charge in [0.2, 0.25) is 10.0 Å². The highest BCUT2D eigenvalue weighted by atomic mass is 35.7. The first kappa shape index (κ1) is 15.8. The van der Waals surface area contributed by atoms with Gasteiger partial charge in [0.15, 0.2) is 0 Å². The largest absolute Gasteiger partial charge is 0.261 e. The third kappa shape index (κ3) is 4.18. The fourth-order valence-electron chi connectivity index (χ4n) is 2.02. The molecular formula is C12H16ClNO4S2. The van der Waals surface area contributed by atoms with Crippen LogP contribution in [0.25, 0.3) is 0 Å². The Kier molecular flexibility index (Phi) is 4.44. The van der Waals surface area contributed by atoms with E-state index in [0.717, 1.165) is 19.3 Å². The maximum atomic E-state index is 12.1. The van der Waals surface area contributed by atoms with Crippen LogP contribution in [-0.4, -0.2) is 22.9 Å². The van der Waals surface area contributed by atoms with Gasteiger partial charge in [-0.3, -0.25) is 0 Å². The summed E-state index contributed by atoms with van der Waals surface area (Å²) in [5.41, 5.74) is 0. The standard InChI is InChI=1S/C12H16ClNO4S2/c1-9(8-10-2-3-10)14-20(17,18)12-6-4-11(5-7-12)19(13,15)16/h4-7,9-10,14H,2-3,8H2,1H3. The Morgan fingerprint density at radius 1 is 1.15 bits per heavy atom. The van der Waals surface area contributed by atoms with Gasteiger partial charge in [0.1, 0.15) is 0 Å². The molecule has 0 aromatic heterocycles. The number of hydrogen-bond donors (Lipinski definition) is 1. The average molecular weight is 338 g/mol. The van der Waals surface area contributed by atoms with Crippen molar-refractivity contribution in [2.24, 2.45) is 5.92 Å². The summed E-state index contributed by atoms with van der Waals surface area (Å²) in [5, 5.41) is 0. The van der Waals surface area contributed by atoms with E-state index >= 15 is 0 Å². The summed E-state index contributed by atoms with van der Waals surface area (Å²) < 4.78 is 49.0. The van der Waals surface area contributed by atoms with E-state index in [1.54, 1.807) is 0 Å². The van der Waals surface area contributed by atoms with Crippen molar-refractivity contribution in [1.29, 1.82) is 0 Å². The smallest absolute Gasteiger partial charge is 0.208 e. The van der Waals surface area contributed by atoms with E-state index in [2.05, 4.69) is 4.72 Å². The summed E-state index contributed by atoms with van der Waals surface area (Å²) in [5.74, 6) is 0.622. The van der Waals surface area contributed by atoms with E-state index in [1.165, 1.54) is 24.3 Å². The summed E-state index contributed by atoms with van der Waals surface area (Å²) in [6.07, 6.45) is 3.15. The summed E-state index contributed by atoms with van der Waals surface area (Å²) in [7, 11) is -2.29. The molecular weight excluding hydrogens is 322 g/mol. The third-order valence-electron chi connectivity index (χ3n) is 3.16. The number of sulfonamides is 1. The zero-order chi connectivity index (χ0) is 15.0.